The maximum atomic E-state index is 14.7. The first kappa shape index (κ1) is 58.2. The van der Waals surface area contributed by atoms with E-state index in [-0.39, 0.29) is 65.8 Å². The average Bonchev–Trinajstić information content (AvgIpc) is 4.35. The van der Waals surface area contributed by atoms with E-state index < -0.39 is 17.9 Å². The van der Waals surface area contributed by atoms with Crippen molar-refractivity contribution in [2.45, 2.75) is 160 Å². The van der Waals surface area contributed by atoms with E-state index in [0.29, 0.717) is 99.6 Å². The van der Waals surface area contributed by atoms with E-state index in [1.54, 1.807) is 62.1 Å². The third-order valence-corrected chi connectivity index (χ3v) is 18.3. The van der Waals surface area contributed by atoms with Crippen LogP contribution in [-0.4, -0.2) is 134 Å². The highest BCUT2D eigenvalue weighted by Gasteiger charge is 2.43. The number of nitrogen functional groups attached to an aromatic ring is 1. The molecule has 4 aromatic rings. The smallest absolute Gasteiger partial charge is 0.254 e. The first-order valence-corrected chi connectivity index (χ1v) is 29.9. The van der Waals surface area contributed by atoms with Crippen LogP contribution in [0, 0.1) is 24.5 Å². The zero-order valence-corrected chi connectivity index (χ0v) is 47.8. The molecule has 3 fully saturated rings. The molecule has 0 radical (unpaired) electrons. The van der Waals surface area contributed by atoms with Gasteiger partial charge in [0.25, 0.3) is 5.91 Å². The summed E-state index contributed by atoms with van der Waals surface area (Å²) in [4.78, 5) is 85.7. The minimum atomic E-state index is -0.721. The minimum absolute atomic E-state index is 0.102. The second-order valence-corrected chi connectivity index (χ2v) is 23.5. The third kappa shape index (κ3) is 13.3. The number of likely N-dealkylation sites (N-methyl/N-ethyl adjacent to an activating group) is 1. The number of piperidine rings is 1. The molecule has 16 nitrogen and oxygen atoms in total. The lowest BCUT2D eigenvalue weighted by atomic mass is 9.87. The Morgan fingerprint density at radius 2 is 1.55 bits per heavy atom. The SMILES string of the molecule is C=C(c1ccc(F)cc1)C1CSC([C@H]2CCCN2C(=O)[C@H](NC(=O)[C@@H](C)NC)C2CCN(C(=O)CCCCCCCCC(=O)CCCn3nc4c(c3C)-c3cnc(N)c(c3)N3CCC[C@@H]3c3cc(F)ccc3C(=O)N(C)C4)CC2)=N1. The Morgan fingerprint density at radius 3 is 2.30 bits per heavy atom. The van der Waals surface area contributed by atoms with Crippen LogP contribution in [0.15, 0.2) is 66.3 Å². The molecule has 0 aliphatic carbocycles. The number of aliphatic imine (C=N–C) groups is 1. The van der Waals surface area contributed by atoms with Crippen molar-refractivity contribution in [3.05, 3.63) is 101 Å². The fourth-order valence-electron chi connectivity index (χ4n) is 12.4. The first-order chi connectivity index (χ1) is 38.6. The number of Topliss-reactive ketones (excluding diaryl/α,β-unsaturated/α-hetero) is 1. The van der Waals surface area contributed by atoms with Crippen molar-refractivity contribution < 1.29 is 32.8 Å². The predicted molar refractivity (Wildman–Crippen MR) is 311 cm³/mol. The largest absolute Gasteiger partial charge is 0.382 e. The van der Waals surface area contributed by atoms with Gasteiger partial charge in [0, 0.05) is 93.4 Å². The van der Waals surface area contributed by atoms with Gasteiger partial charge in [-0.2, -0.15) is 5.10 Å². The molecule has 2 aromatic heterocycles. The summed E-state index contributed by atoms with van der Waals surface area (Å²) in [5, 5.41) is 12.0. The highest BCUT2D eigenvalue weighted by Crippen LogP contribution is 2.43. The number of carbonyl (C=O) groups excluding carboxylic acids is 5. The summed E-state index contributed by atoms with van der Waals surface area (Å²) < 4.78 is 30.3. The highest BCUT2D eigenvalue weighted by atomic mass is 32.2. The van der Waals surface area contributed by atoms with Gasteiger partial charge in [0.05, 0.1) is 47.1 Å². The Hall–Kier alpha value is -6.47. The number of nitrogens with one attached hydrogen (secondary N) is 2. The van der Waals surface area contributed by atoms with Gasteiger partial charge in [0.2, 0.25) is 17.7 Å². The molecular weight excluding hydrogens is 1040 g/mol. The van der Waals surface area contributed by atoms with Gasteiger partial charge in [-0.05, 0) is 138 Å². The van der Waals surface area contributed by atoms with Crippen molar-refractivity contribution in [3.63, 3.8) is 0 Å². The van der Waals surface area contributed by atoms with Crippen molar-refractivity contribution in [1.82, 2.24) is 40.1 Å². The number of anilines is 2. The maximum absolute atomic E-state index is 14.7. The van der Waals surface area contributed by atoms with E-state index in [1.807, 2.05) is 27.5 Å². The fourth-order valence-corrected chi connectivity index (χ4v) is 13.6. The average molecular weight is 1120 g/mol. The Bertz CT molecular complexity index is 2960. The zero-order chi connectivity index (χ0) is 56.6. The van der Waals surface area contributed by atoms with Crippen molar-refractivity contribution in [2.75, 3.05) is 56.7 Å². The van der Waals surface area contributed by atoms with Gasteiger partial charge >= 0.3 is 0 Å². The lowest BCUT2D eigenvalue weighted by molar-refractivity contribution is -0.139. The molecular formula is C61H79F2N11O5S. The second kappa shape index (κ2) is 26.4. The lowest BCUT2D eigenvalue weighted by Gasteiger charge is -2.38. The van der Waals surface area contributed by atoms with Gasteiger partial charge in [-0.15, -0.1) is 11.8 Å². The standard InChI is InChI=1S/C61H79F2N11O5S/c1-38(41-20-22-44(62)23-21-41)50-37-80-59(67-50)52-18-14-29-73(52)61(79)56(68-58(77)39(2)65-4)42-26-31-71(32-27-42)54(76)19-11-9-7-6-8-10-15-46(75)16-12-30-74-40(3)55-43-33-53(57(64)66-35-43)72-28-13-17-51(72)48-34-45(63)24-25-47(48)60(78)70(5)36-49(55)69-74/h20-25,33-35,39,42,50-52,56,65H,1,6-19,26-32,36-37H2,2-5H3,(H2,64,66)(H,68,77)/t39-,50?,51-,52-,56-/m1/s1. The summed E-state index contributed by atoms with van der Waals surface area (Å²) in [6, 6.07) is 10.9. The number of ketones is 1. The van der Waals surface area contributed by atoms with Gasteiger partial charge in [-0.3, -0.25) is 33.6 Å². The number of thioether (sulfide) groups is 1. The molecule has 2 bridgehead atoms. The number of unbranched alkanes of at least 4 members (excludes halogenated alkanes) is 5. The van der Waals surface area contributed by atoms with Crippen molar-refractivity contribution >= 4 is 63.3 Å². The van der Waals surface area contributed by atoms with Crippen LogP contribution in [0.1, 0.15) is 149 Å². The molecule has 0 spiro atoms. The summed E-state index contributed by atoms with van der Waals surface area (Å²) in [5.41, 5.74) is 13.4. The quantitative estimate of drug-likeness (QED) is 0.0675. The van der Waals surface area contributed by atoms with Gasteiger partial charge in [-0.25, -0.2) is 13.8 Å². The molecule has 1 unspecified atom stereocenters. The lowest BCUT2D eigenvalue weighted by Crippen LogP contribution is -2.58. The number of aryl methyl sites for hydroxylation is 1. The Labute approximate surface area is 473 Å². The van der Waals surface area contributed by atoms with Crippen LogP contribution in [0.3, 0.4) is 0 Å². The van der Waals surface area contributed by atoms with Crippen LogP contribution in [0.5, 0.6) is 0 Å². The van der Waals surface area contributed by atoms with E-state index in [9.17, 15) is 32.8 Å². The molecule has 19 heteroatoms. The van der Waals surface area contributed by atoms with Crippen molar-refractivity contribution in [1.29, 1.82) is 0 Å². The fraction of sp³-hybridized carbons (Fsp3) is 0.541. The second-order valence-electron chi connectivity index (χ2n) is 22.5. The number of rotatable bonds is 21. The third-order valence-electron chi connectivity index (χ3n) is 17.1. The van der Waals surface area contributed by atoms with E-state index >= 15 is 0 Å². The monoisotopic (exact) mass is 1120 g/mol. The van der Waals surface area contributed by atoms with Crippen LogP contribution in [0.25, 0.3) is 16.7 Å². The number of nitrogens with zero attached hydrogens (tertiary/aromatic N) is 8. The number of fused-ring (bicyclic) bond motifs is 8. The number of carbonyl (C=O) groups is 5. The number of hydrogen-bond acceptors (Lipinski definition) is 12. The van der Waals surface area contributed by atoms with Crippen LogP contribution in [0.2, 0.25) is 0 Å². The summed E-state index contributed by atoms with van der Waals surface area (Å²) in [7, 11) is 3.46. The van der Waals surface area contributed by atoms with Crippen LogP contribution >= 0.6 is 11.8 Å². The molecule has 2 aromatic carbocycles. The normalized spacial score (nSPS) is 20.1. The van der Waals surface area contributed by atoms with Gasteiger partial charge in [-0.1, -0.05) is 44.4 Å². The van der Waals surface area contributed by atoms with Crippen molar-refractivity contribution in [2.24, 2.45) is 10.9 Å². The Kier molecular flexibility index (Phi) is 19.2. The summed E-state index contributed by atoms with van der Waals surface area (Å²) >= 11 is 1.64. The van der Waals surface area contributed by atoms with E-state index in [0.717, 1.165) is 103 Å². The number of likely N-dealkylation sites (tertiary alicyclic amines) is 2. The Morgan fingerprint density at radius 1 is 0.863 bits per heavy atom. The topological polar surface area (TPSA) is 191 Å². The van der Waals surface area contributed by atoms with Crippen LogP contribution in [0.4, 0.5) is 20.3 Å². The molecule has 4 amide bonds. The molecule has 5 aliphatic rings. The molecule has 0 saturated carbocycles. The number of amides is 4. The highest BCUT2D eigenvalue weighted by molar-refractivity contribution is 8.14. The molecule has 3 saturated heterocycles. The minimum Gasteiger partial charge on any atom is -0.382 e. The van der Waals surface area contributed by atoms with Gasteiger partial charge in [0.15, 0.2) is 0 Å². The molecule has 80 heavy (non-hydrogen) atoms. The van der Waals surface area contributed by atoms with Gasteiger partial charge < -0.3 is 36.0 Å². The maximum Gasteiger partial charge on any atom is 0.254 e. The molecule has 5 atom stereocenters. The number of pyridine rings is 1. The van der Waals surface area contributed by atoms with E-state index in [1.165, 1.54) is 24.3 Å². The number of aromatic nitrogens is 3. The van der Waals surface area contributed by atoms with E-state index in [4.69, 9.17) is 15.8 Å². The van der Waals surface area contributed by atoms with Crippen molar-refractivity contribution in [3.8, 4) is 11.1 Å². The molecule has 7 heterocycles. The number of nitrogens with two attached hydrogens (primary N) is 1. The number of benzene rings is 2. The summed E-state index contributed by atoms with van der Waals surface area (Å²) in [6.07, 6.45) is 13.7. The molecule has 9 rings (SSSR count). The number of hydrogen-bond donors (Lipinski definition) is 3. The van der Waals surface area contributed by atoms with Crippen LogP contribution in [-0.2, 0) is 32.3 Å². The first-order valence-electron chi connectivity index (χ1n) is 29.0. The number of halogens is 2. The summed E-state index contributed by atoms with van der Waals surface area (Å²) in [5.74, 6) is 0.0458. The Balaban J connectivity index is 0.699. The molecule has 428 valence electrons. The van der Waals surface area contributed by atoms with Gasteiger partial charge in [0.1, 0.15) is 29.3 Å². The van der Waals surface area contributed by atoms with E-state index in [2.05, 4.69) is 27.1 Å². The molecule has 5 aliphatic heterocycles. The summed E-state index contributed by atoms with van der Waals surface area (Å²) in [6.45, 7) is 11.2. The molecule has 4 N–H and O–H groups in total. The predicted octanol–water partition coefficient (Wildman–Crippen LogP) is 9.06. The van der Waals surface area contributed by atoms with Crippen LogP contribution < -0.4 is 21.3 Å². The zero-order valence-electron chi connectivity index (χ0n) is 47.0.